The molecular weight excluding hydrogens is 216 g/mol. The maximum absolute atomic E-state index is 11.9. The number of rotatable bonds is 5. The predicted octanol–water partition coefficient (Wildman–Crippen LogP) is 3.69. The lowest BCUT2D eigenvalue weighted by Crippen LogP contribution is -2.42. The molecule has 0 fully saturated rings. The maximum atomic E-state index is 11.9. The Morgan fingerprint density at radius 1 is 1.31 bits per heavy atom. The number of hydrogen-bond acceptors (Lipinski definition) is 2. The van der Waals surface area contributed by atoms with E-state index in [0.29, 0.717) is 0 Å². The number of ketones is 1. The van der Waals surface area contributed by atoms with Gasteiger partial charge in [0.05, 0.1) is 0 Å². The van der Waals surface area contributed by atoms with Gasteiger partial charge in [0, 0.05) is 0 Å². The summed E-state index contributed by atoms with van der Waals surface area (Å²) >= 11 is 0. The van der Waals surface area contributed by atoms with E-state index >= 15 is 0 Å². The second-order valence-corrected chi connectivity index (χ2v) is 9.31. The van der Waals surface area contributed by atoms with Crippen molar-refractivity contribution in [3.63, 3.8) is 0 Å². The van der Waals surface area contributed by atoms with Crippen molar-refractivity contribution in [2.24, 2.45) is 0 Å². The Hall–Kier alpha value is -0.413. The summed E-state index contributed by atoms with van der Waals surface area (Å²) in [6.07, 6.45) is 6.56. The molecule has 0 bridgehead atoms. The molecule has 1 rings (SSSR count). The topological polar surface area (TPSA) is 26.3 Å². The van der Waals surface area contributed by atoms with E-state index in [2.05, 4.69) is 20.8 Å². The molecule has 16 heavy (non-hydrogen) atoms. The van der Waals surface area contributed by atoms with Gasteiger partial charge in [0.25, 0.3) is 0 Å². The van der Waals surface area contributed by atoms with Gasteiger partial charge in [0.2, 0.25) is 0 Å². The first kappa shape index (κ1) is 13.7. The molecule has 0 amide bonds. The first-order valence-corrected chi connectivity index (χ1v) is 9.08. The highest BCUT2D eigenvalue weighted by Gasteiger charge is 2.34. The standard InChI is InChI=1S/C13H24O2Si/c1-4-16(5-2,6-3)15-13-11-9-7-8-10-12(13)14/h8,10,13H,4-7,9,11H2,1-3H3. The van der Waals surface area contributed by atoms with Gasteiger partial charge in [-0.3, -0.25) is 4.79 Å². The predicted molar refractivity (Wildman–Crippen MR) is 70.1 cm³/mol. The Morgan fingerprint density at radius 2 is 1.94 bits per heavy atom. The number of carbonyl (C=O) groups excluding carboxylic acids is 1. The van der Waals surface area contributed by atoms with Gasteiger partial charge in [-0.05, 0) is 43.5 Å². The molecule has 1 atom stereocenters. The van der Waals surface area contributed by atoms with E-state index in [-0.39, 0.29) is 11.9 Å². The van der Waals surface area contributed by atoms with E-state index in [1.54, 1.807) is 6.08 Å². The molecule has 0 saturated carbocycles. The van der Waals surface area contributed by atoms with Gasteiger partial charge >= 0.3 is 0 Å². The Bertz CT molecular complexity index is 248. The highest BCUT2D eigenvalue weighted by Crippen LogP contribution is 2.26. The van der Waals surface area contributed by atoms with Crippen LogP contribution in [0.4, 0.5) is 0 Å². The van der Waals surface area contributed by atoms with Crippen molar-refractivity contribution < 1.29 is 9.22 Å². The minimum atomic E-state index is -1.62. The Labute approximate surface area is 100 Å². The van der Waals surface area contributed by atoms with Crippen LogP contribution in [-0.4, -0.2) is 20.2 Å². The molecule has 1 unspecified atom stereocenters. The fraction of sp³-hybridized carbons (Fsp3) is 0.769. The molecule has 0 aliphatic heterocycles. The molecule has 0 N–H and O–H groups in total. The molecule has 0 radical (unpaired) electrons. The van der Waals surface area contributed by atoms with Crippen LogP contribution in [0.3, 0.4) is 0 Å². The summed E-state index contributed by atoms with van der Waals surface area (Å²) in [6.45, 7) is 6.61. The molecule has 92 valence electrons. The van der Waals surface area contributed by atoms with Crippen LogP contribution in [-0.2, 0) is 9.22 Å². The van der Waals surface area contributed by atoms with Crippen LogP contribution >= 0.6 is 0 Å². The van der Waals surface area contributed by atoms with E-state index in [0.717, 1.165) is 37.4 Å². The summed E-state index contributed by atoms with van der Waals surface area (Å²) < 4.78 is 6.26. The van der Waals surface area contributed by atoms with Crippen molar-refractivity contribution in [1.29, 1.82) is 0 Å². The first-order chi connectivity index (χ1) is 7.67. The fourth-order valence-electron chi connectivity index (χ4n) is 2.29. The molecule has 2 nitrogen and oxygen atoms in total. The van der Waals surface area contributed by atoms with Gasteiger partial charge in [-0.2, -0.15) is 0 Å². The summed E-state index contributed by atoms with van der Waals surface area (Å²) in [7, 11) is -1.62. The summed E-state index contributed by atoms with van der Waals surface area (Å²) in [4.78, 5) is 11.9. The van der Waals surface area contributed by atoms with Crippen molar-refractivity contribution >= 4 is 14.1 Å². The highest BCUT2D eigenvalue weighted by molar-refractivity contribution is 6.73. The van der Waals surface area contributed by atoms with Gasteiger partial charge in [0.1, 0.15) is 6.10 Å². The Kier molecular flexibility index (Phi) is 5.42. The lowest BCUT2D eigenvalue weighted by molar-refractivity contribution is -0.121. The minimum absolute atomic E-state index is 0.148. The molecule has 0 aromatic heterocycles. The summed E-state index contributed by atoms with van der Waals surface area (Å²) in [5.41, 5.74) is 0. The first-order valence-electron chi connectivity index (χ1n) is 6.55. The van der Waals surface area contributed by atoms with Crippen molar-refractivity contribution in [3.05, 3.63) is 12.2 Å². The molecular formula is C13H24O2Si. The van der Waals surface area contributed by atoms with E-state index in [1.807, 2.05) is 6.08 Å². The Morgan fingerprint density at radius 3 is 2.50 bits per heavy atom. The van der Waals surface area contributed by atoms with Gasteiger partial charge in [-0.1, -0.05) is 26.8 Å². The van der Waals surface area contributed by atoms with Gasteiger partial charge in [0.15, 0.2) is 14.1 Å². The number of hydrogen-bond donors (Lipinski definition) is 0. The van der Waals surface area contributed by atoms with Crippen molar-refractivity contribution in [3.8, 4) is 0 Å². The zero-order valence-corrected chi connectivity index (χ0v) is 11.8. The maximum Gasteiger partial charge on any atom is 0.193 e. The van der Waals surface area contributed by atoms with E-state index in [4.69, 9.17) is 4.43 Å². The lowest BCUT2D eigenvalue weighted by atomic mass is 10.1. The van der Waals surface area contributed by atoms with Crippen LogP contribution in [0.15, 0.2) is 12.2 Å². The number of allylic oxidation sites excluding steroid dienone is 1. The third-order valence-corrected chi connectivity index (χ3v) is 8.41. The van der Waals surface area contributed by atoms with Crippen LogP contribution in [0.25, 0.3) is 0 Å². The van der Waals surface area contributed by atoms with E-state index in [1.165, 1.54) is 0 Å². The minimum Gasteiger partial charge on any atom is -0.407 e. The average molecular weight is 240 g/mol. The van der Waals surface area contributed by atoms with Crippen LogP contribution in [0.1, 0.15) is 40.0 Å². The van der Waals surface area contributed by atoms with Gasteiger partial charge in [-0.25, -0.2) is 0 Å². The number of carbonyl (C=O) groups is 1. The second-order valence-electron chi connectivity index (χ2n) is 4.59. The van der Waals surface area contributed by atoms with Gasteiger partial charge in [-0.15, -0.1) is 0 Å². The summed E-state index contributed by atoms with van der Waals surface area (Å²) in [5, 5.41) is 0. The van der Waals surface area contributed by atoms with Crippen molar-refractivity contribution in [2.45, 2.75) is 64.3 Å². The quantitative estimate of drug-likeness (QED) is 0.685. The smallest absolute Gasteiger partial charge is 0.193 e. The van der Waals surface area contributed by atoms with Crippen LogP contribution in [0.5, 0.6) is 0 Å². The fourth-order valence-corrected chi connectivity index (χ4v) is 5.13. The van der Waals surface area contributed by atoms with Crippen LogP contribution in [0, 0.1) is 0 Å². The highest BCUT2D eigenvalue weighted by atomic mass is 28.4. The third-order valence-electron chi connectivity index (χ3n) is 3.76. The molecule has 1 aliphatic carbocycles. The molecule has 0 aromatic rings. The zero-order chi connectivity index (χ0) is 12.0. The molecule has 1 aliphatic rings. The molecule has 0 aromatic carbocycles. The largest absolute Gasteiger partial charge is 0.407 e. The third kappa shape index (κ3) is 3.29. The van der Waals surface area contributed by atoms with Crippen molar-refractivity contribution in [2.75, 3.05) is 0 Å². The SMILES string of the molecule is CC[Si](CC)(CC)OC1CCCC=CC1=O. The monoisotopic (exact) mass is 240 g/mol. The van der Waals surface area contributed by atoms with Crippen molar-refractivity contribution in [1.82, 2.24) is 0 Å². The zero-order valence-electron chi connectivity index (χ0n) is 10.8. The van der Waals surface area contributed by atoms with E-state index in [9.17, 15) is 4.79 Å². The summed E-state index contributed by atoms with van der Waals surface area (Å²) in [5.74, 6) is 0.185. The molecule has 0 spiro atoms. The lowest BCUT2D eigenvalue weighted by Gasteiger charge is -2.32. The average Bonchev–Trinajstić information content (AvgIpc) is 2.52. The molecule has 3 heteroatoms. The van der Waals surface area contributed by atoms with E-state index < -0.39 is 8.32 Å². The summed E-state index contributed by atoms with van der Waals surface area (Å²) in [6, 6.07) is 3.36. The van der Waals surface area contributed by atoms with Gasteiger partial charge < -0.3 is 4.43 Å². The Balaban J connectivity index is 2.69. The van der Waals surface area contributed by atoms with Crippen LogP contribution < -0.4 is 0 Å². The molecule has 0 saturated heterocycles. The normalized spacial score (nSPS) is 22.2. The second kappa shape index (κ2) is 6.35. The molecule has 0 heterocycles. The van der Waals surface area contributed by atoms with Crippen LogP contribution in [0.2, 0.25) is 18.1 Å².